The number of ether oxygens (including phenoxy) is 1. The molecule has 3 aromatic rings. The van der Waals surface area contributed by atoms with Gasteiger partial charge in [-0.2, -0.15) is 5.10 Å². The van der Waals surface area contributed by atoms with Crippen LogP contribution in [0.1, 0.15) is 28.8 Å². The summed E-state index contributed by atoms with van der Waals surface area (Å²) in [6.07, 6.45) is 0.527. The second-order valence-electron chi connectivity index (χ2n) is 6.89. The van der Waals surface area contributed by atoms with Crippen LogP contribution in [0.15, 0.2) is 54.6 Å². The number of carbonyl (C=O) groups excluding carboxylic acids is 3. The standard InChI is InChI=1S/C22H20N4O4/c1-30-18-5-3-2-4-16(18)17-12-19(25-24-17)23-22(29)15-8-6-14(7-9-15)13-26-20(27)10-11-21(26)28/h2-9,12H,10-11,13H2,1H3,(H2,23,24,25,29). The Balaban J connectivity index is 1.42. The summed E-state index contributed by atoms with van der Waals surface area (Å²) >= 11 is 0. The van der Waals surface area contributed by atoms with Crippen molar-refractivity contribution in [3.8, 4) is 17.0 Å². The highest BCUT2D eigenvalue weighted by molar-refractivity contribution is 6.04. The number of nitrogens with zero attached hydrogens (tertiary/aromatic N) is 2. The molecule has 0 aliphatic carbocycles. The minimum Gasteiger partial charge on any atom is -0.496 e. The Labute approximate surface area is 172 Å². The largest absolute Gasteiger partial charge is 0.496 e. The average molecular weight is 404 g/mol. The molecule has 8 heteroatoms. The highest BCUT2D eigenvalue weighted by Gasteiger charge is 2.28. The highest BCUT2D eigenvalue weighted by Crippen LogP contribution is 2.29. The average Bonchev–Trinajstić information content (AvgIpc) is 3.36. The molecule has 1 aliphatic rings. The van der Waals surface area contributed by atoms with Gasteiger partial charge in [-0.1, -0.05) is 24.3 Å². The van der Waals surface area contributed by atoms with Crippen molar-refractivity contribution in [2.75, 3.05) is 12.4 Å². The molecule has 4 rings (SSSR count). The number of aromatic amines is 1. The predicted molar refractivity (Wildman–Crippen MR) is 110 cm³/mol. The number of hydrogen-bond acceptors (Lipinski definition) is 5. The fourth-order valence-corrected chi connectivity index (χ4v) is 3.32. The molecule has 0 spiro atoms. The van der Waals surface area contributed by atoms with E-state index in [1.54, 1.807) is 37.4 Å². The summed E-state index contributed by atoms with van der Waals surface area (Å²) in [7, 11) is 1.59. The fraction of sp³-hybridized carbons (Fsp3) is 0.182. The van der Waals surface area contributed by atoms with Gasteiger partial charge in [-0.15, -0.1) is 0 Å². The zero-order valence-corrected chi connectivity index (χ0v) is 16.3. The minimum atomic E-state index is -0.312. The maximum absolute atomic E-state index is 12.5. The molecule has 1 aromatic heterocycles. The third-order valence-electron chi connectivity index (χ3n) is 4.93. The lowest BCUT2D eigenvalue weighted by molar-refractivity contribution is -0.139. The van der Waals surface area contributed by atoms with Gasteiger partial charge in [-0.05, 0) is 29.8 Å². The van der Waals surface area contributed by atoms with E-state index in [2.05, 4.69) is 15.5 Å². The summed E-state index contributed by atoms with van der Waals surface area (Å²) in [5, 5.41) is 9.79. The summed E-state index contributed by atoms with van der Waals surface area (Å²) in [5.74, 6) is 0.452. The van der Waals surface area contributed by atoms with Crippen molar-refractivity contribution in [2.45, 2.75) is 19.4 Å². The Morgan fingerprint density at radius 2 is 1.80 bits per heavy atom. The molecule has 1 aliphatic heterocycles. The van der Waals surface area contributed by atoms with Crippen LogP contribution in [0.4, 0.5) is 5.82 Å². The molecule has 8 nitrogen and oxygen atoms in total. The molecule has 0 unspecified atom stereocenters. The van der Waals surface area contributed by atoms with E-state index < -0.39 is 0 Å². The summed E-state index contributed by atoms with van der Waals surface area (Å²) in [6, 6.07) is 16.0. The summed E-state index contributed by atoms with van der Waals surface area (Å²) in [6.45, 7) is 0.223. The summed E-state index contributed by atoms with van der Waals surface area (Å²) in [5.41, 5.74) is 2.79. The van der Waals surface area contributed by atoms with Gasteiger partial charge in [-0.25, -0.2) is 0 Å². The van der Waals surface area contributed by atoms with Crippen molar-refractivity contribution in [3.05, 3.63) is 65.7 Å². The van der Waals surface area contributed by atoms with Crippen molar-refractivity contribution in [2.24, 2.45) is 0 Å². The van der Waals surface area contributed by atoms with Gasteiger partial charge in [0, 0.05) is 30.0 Å². The van der Waals surface area contributed by atoms with E-state index in [1.807, 2.05) is 24.3 Å². The van der Waals surface area contributed by atoms with Crippen LogP contribution in [-0.4, -0.2) is 39.9 Å². The minimum absolute atomic E-state index is 0.161. The van der Waals surface area contributed by atoms with Crippen LogP contribution in [0.5, 0.6) is 5.75 Å². The predicted octanol–water partition coefficient (Wildman–Crippen LogP) is 2.99. The van der Waals surface area contributed by atoms with Crippen LogP contribution in [0, 0.1) is 0 Å². The Morgan fingerprint density at radius 3 is 2.50 bits per heavy atom. The number of amides is 3. The molecule has 152 valence electrons. The number of para-hydroxylation sites is 1. The van der Waals surface area contributed by atoms with Gasteiger partial charge in [0.15, 0.2) is 5.82 Å². The molecule has 1 saturated heterocycles. The van der Waals surface area contributed by atoms with E-state index in [0.29, 0.717) is 17.1 Å². The number of rotatable bonds is 6. The van der Waals surface area contributed by atoms with E-state index in [1.165, 1.54) is 4.90 Å². The van der Waals surface area contributed by atoms with Gasteiger partial charge in [-0.3, -0.25) is 24.4 Å². The topological polar surface area (TPSA) is 104 Å². The van der Waals surface area contributed by atoms with Gasteiger partial charge < -0.3 is 10.1 Å². The summed E-state index contributed by atoms with van der Waals surface area (Å²) < 4.78 is 5.35. The third kappa shape index (κ3) is 3.93. The first-order chi connectivity index (χ1) is 14.5. The number of hydrogen-bond donors (Lipinski definition) is 2. The second-order valence-corrected chi connectivity index (χ2v) is 6.89. The first-order valence-corrected chi connectivity index (χ1v) is 9.47. The zero-order chi connectivity index (χ0) is 21.1. The van der Waals surface area contributed by atoms with E-state index >= 15 is 0 Å². The smallest absolute Gasteiger partial charge is 0.256 e. The number of carbonyl (C=O) groups is 3. The van der Waals surface area contributed by atoms with Crippen LogP contribution >= 0.6 is 0 Å². The number of H-pyrrole nitrogens is 1. The van der Waals surface area contributed by atoms with Gasteiger partial charge in [0.2, 0.25) is 11.8 Å². The first-order valence-electron chi connectivity index (χ1n) is 9.47. The van der Waals surface area contributed by atoms with Gasteiger partial charge in [0.1, 0.15) is 5.75 Å². The van der Waals surface area contributed by atoms with Crippen LogP contribution < -0.4 is 10.1 Å². The number of likely N-dealkylation sites (tertiary alicyclic amines) is 1. The molecule has 1 fully saturated rings. The van der Waals surface area contributed by atoms with Gasteiger partial charge >= 0.3 is 0 Å². The zero-order valence-electron chi connectivity index (χ0n) is 16.3. The fourth-order valence-electron chi connectivity index (χ4n) is 3.32. The lowest BCUT2D eigenvalue weighted by atomic mass is 10.1. The van der Waals surface area contributed by atoms with E-state index in [9.17, 15) is 14.4 Å². The normalized spacial score (nSPS) is 13.6. The second kappa shape index (κ2) is 8.20. The van der Waals surface area contributed by atoms with Crippen molar-refractivity contribution in [1.82, 2.24) is 15.1 Å². The molecule has 2 aromatic carbocycles. The van der Waals surface area contributed by atoms with Gasteiger partial charge in [0.25, 0.3) is 5.91 Å². The Morgan fingerprint density at radius 1 is 1.10 bits per heavy atom. The van der Waals surface area contributed by atoms with E-state index in [4.69, 9.17) is 4.74 Å². The van der Waals surface area contributed by atoms with Crippen molar-refractivity contribution in [3.63, 3.8) is 0 Å². The lowest BCUT2D eigenvalue weighted by Crippen LogP contribution is -2.28. The number of anilines is 1. The van der Waals surface area contributed by atoms with Gasteiger partial charge in [0.05, 0.1) is 19.3 Å². The lowest BCUT2D eigenvalue weighted by Gasteiger charge is -2.13. The Kier molecular flexibility index (Phi) is 5.30. The molecule has 2 heterocycles. The molecule has 0 atom stereocenters. The molecule has 0 bridgehead atoms. The van der Waals surface area contributed by atoms with Crippen LogP contribution in [0.25, 0.3) is 11.3 Å². The third-order valence-corrected chi connectivity index (χ3v) is 4.93. The van der Waals surface area contributed by atoms with E-state index in [0.717, 1.165) is 16.8 Å². The Bertz CT molecular complexity index is 1090. The SMILES string of the molecule is COc1ccccc1-c1cc(NC(=O)c2ccc(CN3C(=O)CCC3=O)cc2)n[nH]1. The van der Waals surface area contributed by atoms with Crippen LogP contribution in [0.2, 0.25) is 0 Å². The monoisotopic (exact) mass is 404 g/mol. The van der Waals surface area contributed by atoms with Crippen molar-refractivity contribution in [1.29, 1.82) is 0 Å². The quantitative estimate of drug-likeness (QED) is 0.615. The molecule has 2 N–H and O–H groups in total. The Hall–Kier alpha value is -3.94. The number of aromatic nitrogens is 2. The number of benzene rings is 2. The maximum Gasteiger partial charge on any atom is 0.256 e. The number of nitrogens with one attached hydrogen (secondary N) is 2. The molecular weight excluding hydrogens is 384 g/mol. The molecule has 0 saturated carbocycles. The molecule has 0 radical (unpaired) electrons. The van der Waals surface area contributed by atoms with Crippen LogP contribution in [0.3, 0.4) is 0 Å². The van der Waals surface area contributed by atoms with E-state index in [-0.39, 0.29) is 37.1 Å². The van der Waals surface area contributed by atoms with Crippen LogP contribution in [-0.2, 0) is 16.1 Å². The highest BCUT2D eigenvalue weighted by atomic mass is 16.5. The maximum atomic E-state index is 12.5. The molecular formula is C22H20N4O4. The molecule has 30 heavy (non-hydrogen) atoms. The number of methoxy groups -OCH3 is 1. The number of imide groups is 1. The summed E-state index contributed by atoms with van der Waals surface area (Å²) in [4.78, 5) is 37.3. The first kappa shape index (κ1) is 19.4. The molecule has 3 amide bonds. The van der Waals surface area contributed by atoms with Crippen molar-refractivity contribution >= 4 is 23.5 Å². The van der Waals surface area contributed by atoms with Crippen molar-refractivity contribution < 1.29 is 19.1 Å².